The molecule has 3 aromatic carbocycles. The molecule has 2 aromatic heterocycles. The van der Waals surface area contributed by atoms with Crippen LogP contribution in [0.1, 0.15) is 11.4 Å². The highest BCUT2D eigenvalue weighted by Crippen LogP contribution is 2.29. The van der Waals surface area contributed by atoms with Crippen LogP contribution in [0, 0.1) is 13.8 Å². The Hall–Kier alpha value is -3.46. The largest absolute Gasteiger partial charge is 0.253 e. The van der Waals surface area contributed by atoms with Gasteiger partial charge < -0.3 is 0 Å². The molecule has 0 spiro atoms. The first-order valence-electron chi connectivity index (χ1n) is 10.1. The molecule has 0 radical (unpaired) electrons. The Labute approximate surface area is 170 Å². The van der Waals surface area contributed by atoms with Crippen molar-refractivity contribution in [2.24, 2.45) is 0 Å². The van der Waals surface area contributed by atoms with Gasteiger partial charge in [0.15, 0.2) is 0 Å². The normalized spacial score (nSPS) is 12.4. The number of aryl methyl sites for hydroxylation is 2. The van der Waals surface area contributed by atoms with Gasteiger partial charge in [0.2, 0.25) is 6.71 Å². The van der Waals surface area contributed by atoms with Crippen molar-refractivity contribution in [2.75, 3.05) is 0 Å². The molecule has 0 amide bonds. The Kier molecular flexibility index (Phi) is 3.42. The summed E-state index contributed by atoms with van der Waals surface area (Å²) in [5.41, 5.74) is 10.8. The van der Waals surface area contributed by atoms with Gasteiger partial charge in [0, 0.05) is 22.2 Å². The van der Waals surface area contributed by atoms with Crippen LogP contribution in [-0.2, 0) is 0 Å². The van der Waals surface area contributed by atoms with E-state index in [1.54, 1.807) is 0 Å². The fraction of sp³-hybridized carbons (Fsp3) is 0.0769. The molecule has 2 nitrogen and oxygen atoms in total. The van der Waals surface area contributed by atoms with Crippen LogP contribution in [0.4, 0.5) is 0 Å². The maximum atomic E-state index is 4.80. The number of fused-ring (bicyclic) bond motifs is 5. The first-order valence-corrected chi connectivity index (χ1v) is 10.1. The Bertz CT molecular complexity index is 1330. The van der Waals surface area contributed by atoms with Crippen molar-refractivity contribution >= 4 is 44.9 Å². The summed E-state index contributed by atoms with van der Waals surface area (Å²) >= 11 is 0. The SMILES string of the molecule is Cc1ccc2cc3c(cc2n1)B(c1ccccc1)c1cc2nc(C)ccc2cc1-3. The Morgan fingerprint density at radius 2 is 1.10 bits per heavy atom. The molecule has 0 aliphatic carbocycles. The number of rotatable bonds is 1. The molecular weight excluding hydrogens is 351 g/mol. The second kappa shape index (κ2) is 6.02. The predicted octanol–water partition coefficient (Wildman–Crippen LogP) is 3.90. The molecule has 0 unspecified atom stereocenters. The molecule has 0 N–H and O–H groups in total. The number of hydrogen-bond donors (Lipinski definition) is 0. The molecule has 0 bridgehead atoms. The van der Waals surface area contributed by atoms with Gasteiger partial charge in [-0.1, -0.05) is 58.9 Å². The molecule has 29 heavy (non-hydrogen) atoms. The van der Waals surface area contributed by atoms with Crippen LogP contribution in [0.5, 0.6) is 0 Å². The lowest BCUT2D eigenvalue weighted by molar-refractivity contribution is 1.26. The van der Waals surface area contributed by atoms with Crippen LogP contribution in [0.2, 0.25) is 0 Å². The van der Waals surface area contributed by atoms with Crippen LogP contribution in [0.25, 0.3) is 32.9 Å². The first-order chi connectivity index (χ1) is 14.2. The lowest BCUT2D eigenvalue weighted by atomic mass is 9.39. The standard InChI is InChI=1S/C26H19BN2/c1-16-8-10-18-12-21-22-13-19-11-9-17(2)29-26(19)15-24(22)27(20-6-4-3-5-7-20)23(21)14-25(18)28-16/h3-15H,1-2H3. The zero-order valence-corrected chi connectivity index (χ0v) is 16.5. The Morgan fingerprint density at radius 3 is 1.62 bits per heavy atom. The first kappa shape index (κ1) is 16.5. The van der Waals surface area contributed by atoms with E-state index in [1.807, 2.05) is 0 Å². The van der Waals surface area contributed by atoms with Crippen LogP contribution in [-0.4, -0.2) is 16.7 Å². The van der Waals surface area contributed by atoms with Crippen molar-refractivity contribution in [1.29, 1.82) is 0 Å². The highest BCUT2D eigenvalue weighted by molar-refractivity contribution is 6.99. The average Bonchev–Trinajstić information content (AvgIpc) is 3.03. The topological polar surface area (TPSA) is 25.8 Å². The van der Waals surface area contributed by atoms with E-state index >= 15 is 0 Å². The van der Waals surface area contributed by atoms with Crippen molar-refractivity contribution in [3.8, 4) is 11.1 Å². The van der Waals surface area contributed by atoms with Gasteiger partial charge in [-0.25, -0.2) is 0 Å². The quantitative estimate of drug-likeness (QED) is 0.411. The minimum Gasteiger partial charge on any atom is -0.253 e. The Balaban J connectivity index is 1.71. The van der Waals surface area contributed by atoms with Gasteiger partial charge in [0.1, 0.15) is 0 Å². The summed E-state index contributed by atoms with van der Waals surface area (Å²) in [6.45, 7) is 4.31. The Morgan fingerprint density at radius 1 is 0.586 bits per heavy atom. The van der Waals surface area contributed by atoms with Crippen LogP contribution >= 0.6 is 0 Å². The van der Waals surface area contributed by atoms with Gasteiger partial charge in [-0.15, -0.1) is 0 Å². The molecule has 3 heteroatoms. The van der Waals surface area contributed by atoms with Crippen molar-refractivity contribution < 1.29 is 0 Å². The average molecular weight is 370 g/mol. The van der Waals surface area contributed by atoms with E-state index in [-0.39, 0.29) is 6.71 Å². The molecule has 0 saturated carbocycles. The molecule has 1 aliphatic rings. The van der Waals surface area contributed by atoms with Crippen LogP contribution in [0.15, 0.2) is 78.9 Å². The molecule has 1 aliphatic heterocycles. The predicted molar refractivity (Wildman–Crippen MR) is 123 cm³/mol. The lowest BCUT2D eigenvalue weighted by Crippen LogP contribution is -2.48. The maximum Gasteiger partial charge on any atom is 0.243 e. The summed E-state index contributed by atoms with van der Waals surface area (Å²) in [4.78, 5) is 9.60. The third kappa shape index (κ3) is 2.51. The second-order valence-electron chi connectivity index (χ2n) is 8.01. The fourth-order valence-corrected chi connectivity index (χ4v) is 4.69. The summed E-state index contributed by atoms with van der Waals surface area (Å²) in [5.74, 6) is 0. The minimum atomic E-state index is 0.208. The van der Waals surface area contributed by atoms with E-state index in [2.05, 4.69) is 92.7 Å². The van der Waals surface area contributed by atoms with Gasteiger partial charge in [-0.3, -0.25) is 9.97 Å². The smallest absolute Gasteiger partial charge is 0.243 e. The third-order valence-corrected chi connectivity index (χ3v) is 6.04. The highest BCUT2D eigenvalue weighted by atomic mass is 14.7. The number of aromatic nitrogens is 2. The fourth-order valence-electron chi connectivity index (χ4n) is 4.69. The van der Waals surface area contributed by atoms with E-state index in [9.17, 15) is 0 Å². The number of nitrogens with zero attached hydrogens (tertiary/aromatic N) is 2. The number of hydrogen-bond acceptors (Lipinski definition) is 2. The van der Waals surface area contributed by atoms with E-state index in [0.29, 0.717) is 0 Å². The zero-order valence-electron chi connectivity index (χ0n) is 16.5. The van der Waals surface area contributed by atoms with E-state index in [4.69, 9.17) is 9.97 Å². The monoisotopic (exact) mass is 370 g/mol. The van der Waals surface area contributed by atoms with Crippen molar-refractivity contribution in [3.63, 3.8) is 0 Å². The van der Waals surface area contributed by atoms with Gasteiger partial charge in [-0.05, 0) is 61.4 Å². The molecule has 0 atom stereocenters. The molecular formula is C26H19BN2. The van der Waals surface area contributed by atoms with Gasteiger partial charge in [0.25, 0.3) is 0 Å². The van der Waals surface area contributed by atoms with Crippen LogP contribution in [0.3, 0.4) is 0 Å². The number of benzene rings is 3. The summed E-state index contributed by atoms with van der Waals surface area (Å²) in [6, 6.07) is 28.5. The van der Waals surface area contributed by atoms with E-state index < -0.39 is 0 Å². The van der Waals surface area contributed by atoms with Crippen molar-refractivity contribution in [3.05, 3.63) is 90.3 Å². The zero-order chi connectivity index (χ0) is 19.5. The van der Waals surface area contributed by atoms with E-state index in [0.717, 1.165) is 22.4 Å². The van der Waals surface area contributed by atoms with Crippen molar-refractivity contribution in [1.82, 2.24) is 9.97 Å². The minimum absolute atomic E-state index is 0.208. The number of pyridine rings is 2. The van der Waals surface area contributed by atoms with Gasteiger partial charge in [0.05, 0.1) is 11.0 Å². The molecule has 136 valence electrons. The van der Waals surface area contributed by atoms with Crippen molar-refractivity contribution in [2.45, 2.75) is 13.8 Å². The second-order valence-corrected chi connectivity index (χ2v) is 8.01. The lowest BCUT2D eigenvalue weighted by Gasteiger charge is -2.12. The summed E-state index contributed by atoms with van der Waals surface area (Å²) in [6.07, 6.45) is 0. The van der Waals surface area contributed by atoms with Crippen LogP contribution < -0.4 is 16.4 Å². The van der Waals surface area contributed by atoms with E-state index in [1.165, 1.54) is 38.3 Å². The molecule has 0 saturated heterocycles. The molecule has 6 rings (SSSR count). The van der Waals surface area contributed by atoms with Gasteiger partial charge in [-0.2, -0.15) is 0 Å². The molecule has 5 aromatic rings. The summed E-state index contributed by atoms with van der Waals surface area (Å²) in [7, 11) is 0. The third-order valence-electron chi connectivity index (χ3n) is 6.04. The van der Waals surface area contributed by atoms with Gasteiger partial charge >= 0.3 is 0 Å². The summed E-state index contributed by atoms with van der Waals surface area (Å²) < 4.78 is 0. The molecule has 3 heterocycles. The highest BCUT2D eigenvalue weighted by Gasteiger charge is 2.34. The summed E-state index contributed by atoms with van der Waals surface area (Å²) in [5, 5.41) is 2.38. The molecule has 0 fully saturated rings. The maximum absolute atomic E-state index is 4.80.